The lowest BCUT2D eigenvalue weighted by Crippen LogP contribution is -2.25. The molecule has 114 valence electrons. The van der Waals surface area contributed by atoms with Crippen LogP contribution >= 0.6 is 0 Å². The molecule has 0 fully saturated rings. The van der Waals surface area contributed by atoms with Gasteiger partial charge in [0.15, 0.2) is 0 Å². The average Bonchev–Trinajstić information content (AvgIpc) is 2.94. The molecule has 0 aliphatic heterocycles. The van der Waals surface area contributed by atoms with E-state index in [1.165, 1.54) is 5.56 Å². The molecule has 0 saturated heterocycles. The predicted octanol–water partition coefficient (Wildman–Crippen LogP) is 2.70. The fourth-order valence-electron chi connectivity index (χ4n) is 2.49. The topological polar surface area (TPSA) is 52.0 Å². The summed E-state index contributed by atoms with van der Waals surface area (Å²) in [5, 5.41) is 11.8. The molecule has 0 radical (unpaired) electrons. The molecule has 1 N–H and O–H groups in total. The standard InChI is InChI=1S/C16H24N4O/c1-5-9-20-14(11-18-19-20)16(17-6-2)13-8-7-12(3)15(10-13)21-4/h7-8,10-11,16-17H,5-6,9H2,1-4H3. The minimum absolute atomic E-state index is 0.0750. The van der Waals surface area contributed by atoms with Crippen LogP contribution in [0.4, 0.5) is 0 Å². The third kappa shape index (κ3) is 3.42. The van der Waals surface area contributed by atoms with E-state index in [1.54, 1.807) is 7.11 Å². The quantitative estimate of drug-likeness (QED) is 0.851. The molecule has 5 heteroatoms. The Bertz CT molecular complexity index is 579. The number of hydrogen-bond donors (Lipinski definition) is 1. The molecule has 1 atom stereocenters. The molecule has 0 spiro atoms. The second kappa shape index (κ2) is 7.22. The van der Waals surface area contributed by atoms with E-state index in [1.807, 2.05) is 17.8 Å². The number of nitrogens with one attached hydrogen (secondary N) is 1. The van der Waals surface area contributed by atoms with E-state index >= 15 is 0 Å². The summed E-state index contributed by atoms with van der Waals surface area (Å²) < 4.78 is 7.42. The molecule has 2 rings (SSSR count). The monoisotopic (exact) mass is 288 g/mol. The van der Waals surface area contributed by atoms with Crippen LogP contribution in [0.25, 0.3) is 0 Å². The molecule has 2 aromatic rings. The van der Waals surface area contributed by atoms with Crippen LogP contribution in [0.15, 0.2) is 24.4 Å². The number of hydrogen-bond acceptors (Lipinski definition) is 4. The molecule has 0 aliphatic carbocycles. The van der Waals surface area contributed by atoms with Gasteiger partial charge < -0.3 is 10.1 Å². The van der Waals surface area contributed by atoms with Crippen LogP contribution in [0.2, 0.25) is 0 Å². The first-order chi connectivity index (χ1) is 10.2. The minimum Gasteiger partial charge on any atom is -0.496 e. The Balaban J connectivity index is 2.40. The highest BCUT2D eigenvalue weighted by Crippen LogP contribution is 2.27. The van der Waals surface area contributed by atoms with Crippen molar-refractivity contribution < 1.29 is 4.74 Å². The Hall–Kier alpha value is -1.88. The highest BCUT2D eigenvalue weighted by atomic mass is 16.5. The number of aryl methyl sites for hydroxylation is 2. The van der Waals surface area contributed by atoms with Crippen molar-refractivity contribution in [3.05, 3.63) is 41.2 Å². The number of nitrogens with zero attached hydrogens (tertiary/aromatic N) is 3. The maximum atomic E-state index is 5.44. The van der Waals surface area contributed by atoms with Gasteiger partial charge in [-0.3, -0.25) is 0 Å². The van der Waals surface area contributed by atoms with Crippen molar-refractivity contribution in [1.29, 1.82) is 0 Å². The van der Waals surface area contributed by atoms with Gasteiger partial charge in [-0.1, -0.05) is 31.2 Å². The molecule has 0 bridgehead atoms. The highest BCUT2D eigenvalue weighted by molar-refractivity contribution is 5.40. The van der Waals surface area contributed by atoms with Crippen molar-refractivity contribution in [2.24, 2.45) is 0 Å². The van der Waals surface area contributed by atoms with Gasteiger partial charge in [-0.15, -0.1) is 5.10 Å². The first kappa shape index (κ1) is 15.5. The van der Waals surface area contributed by atoms with Crippen molar-refractivity contribution in [3.8, 4) is 5.75 Å². The fraction of sp³-hybridized carbons (Fsp3) is 0.500. The van der Waals surface area contributed by atoms with Gasteiger partial charge in [0.2, 0.25) is 0 Å². The second-order valence-corrected chi connectivity index (χ2v) is 5.10. The van der Waals surface area contributed by atoms with Crippen LogP contribution < -0.4 is 10.1 Å². The molecule has 5 nitrogen and oxygen atoms in total. The Kier molecular flexibility index (Phi) is 5.33. The van der Waals surface area contributed by atoms with Gasteiger partial charge in [0.25, 0.3) is 0 Å². The maximum absolute atomic E-state index is 5.44. The number of ether oxygens (including phenoxy) is 1. The van der Waals surface area contributed by atoms with Crippen molar-refractivity contribution in [3.63, 3.8) is 0 Å². The lowest BCUT2D eigenvalue weighted by molar-refractivity contribution is 0.410. The molecule has 0 saturated carbocycles. The average molecular weight is 288 g/mol. The van der Waals surface area contributed by atoms with Gasteiger partial charge in [-0.05, 0) is 37.1 Å². The summed E-state index contributed by atoms with van der Waals surface area (Å²) in [6.07, 6.45) is 2.88. The summed E-state index contributed by atoms with van der Waals surface area (Å²) in [4.78, 5) is 0. The maximum Gasteiger partial charge on any atom is 0.122 e. The number of rotatable bonds is 7. The van der Waals surface area contributed by atoms with E-state index in [0.29, 0.717) is 0 Å². The van der Waals surface area contributed by atoms with Crippen LogP contribution in [0, 0.1) is 6.92 Å². The van der Waals surface area contributed by atoms with Crippen LogP contribution in [0.5, 0.6) is 5.75 Å². The van der Waals surface area contributed by atoms with Crippen molar-refractivity contribution in [2.75, 3.05) is 13.7 Å². The number of methoxy groups -OCH3 is 1. The summed E-state index contributed by atoms with van der Waals surface area (Å²) in [6.45, 7) is 8.04. The molecular weight excluding hydrogens is 264 g/mol. The Morgan fingerprint density at radius 2 is 2.14 bits per heavy atom. The predicted molar refractivity (Wildman–Crippen MR) is 83.6 cm³/mol. The number of aromatic nitrogens is 3. The van der Waals surface area contributed by atoms with E-state index < -0.39 is 0 Å². The first-order valence-electron chi connectivity index (χ1n) is 7.47. The molecule has 21 heavy (non-hydrogen) atoms. The third-order valence-electron chi connectivity index (χ3n) is 3.55. The van der Waals surface area contributed by atoms with Gasteiger partial charge in [-0.2, -0.15) is 0 Å². The van der Waals surface area contributed by atoms with Crippen LogP contribution in [-0.2, 0) is 6.54 Å². The minimum atomic E-state index is 0.0750. The normalized spacial score (nSPS) is 12.4. The molecule has 0 amide bonds. The largest absolute Gasteiger partial charge is 0.496 e. The SMILES string of the molecule is CCCn1nncc1C(NCC)c1ccc(C)c(OC)c1. The van der Waals surface area contributed by atoms with E-state index in [9.17, 15) is 0 Å². The van der Waals surface area contributed by atoms with Crippen molar-refractivity contribution in [1.82, 2.24) is 20.3 Å². The van der Waals surface area contributed by atoms with E-state index in [-0.39, 0.29) is 6.04 Å². The zero-order valence-corrected chi connectivity index (χ0v) is 13.3. The van der Waals surface area contributed by atoms with Crippen LogP contribution in [0.3, 0.4) is 0 Å². The molecule has 1 heterocycles. The zero-order chi connectivity index (χ0) is 15.2. The third-order valence-corrected chi connectivity index (χ3v) is 3.55. The first-order valence-corrected chi connectivity index (χ1v) is 7.47. The number of benzene rings is 1. The van der Waals surface area contributed by atoms with Crippen LogP contribution in [0.1, 0.15) is 43.1 Å². The summed E-state index contributed by atoms with van der Waals surface area (Å²) in [5.74, 6) is 0.907. The molecule has 1 unspecified atom stereocenters. The summed E-state index contributed by atoms with van der Waals surface area (Å²) >= 11 is 0. The summed E-state index contributed by atoms with van der Waals surface area (Å²) in [5.41, 5.74) is 3.39. The van der Waals surface area contributed by atoms with Gasteiger partial charge in [0.05, 0.1) is 25.0 Å². The Labute approximate surface area is 126 Å². The fourth-order valence-corrected chi connectivity index (χ4v) is 2.49. The smallest absolute Gasteiger partial charge is 0.122 e. The lowest BCUT2D eigenvalue weighted by atomic mass is 10.0. The molecule has 1 aromatic heterocycles. The van der Waals surface area contributed by atoms with E-state index in [0.717, 1.165) is 36.5 Å². The van der Waals surface area contributed by atoms with Crippen LogP contribution in [-0.4, -0.2) is 28.6 Å². The van der Waals surface area contributed by atoms with Crippen molar-refractivity contribution >= 4 is 0 Å². The Morgan fingerprint density at radius 3 is 2.81 bits per heavy atom. The van der Waals surface area contributed by atoms with Gasteiger partial charge in [-0.25, -0.2) is 4.68 Å². The Morgan fingerprint density at radius 1 is 1.33 bits per heavy atom. The summed E-state index contributed by atoms with van der Waals surface area (Å²) in [6, 6.07) is 6.39. The van der Waals surface area contributed by atoms with Crippen molar-refractivity contribution in [2.45, 2.75) is 39.8 Å². The van der Waals surface area contributed by atoms with Gasteiger partial charge >= 0.3 is 0 Å². The second-order valence-electron chi connectivity index (χ2n) is 5.10. The lowest BCUT2D eigenvalue weighted by Gasteiger charge is -2.20. The van der Waals surface area contributed by atoms with Gasteiger partial charge in [0, 0.05) is 6.54 Å². The highest BCUT2D eigenvalue weighted by Gasteiger charge is 2.19. The molecule has 0 aliphatic rings. The van der Waals surface area contributed by atoms with E-state index in [4.69, 9.17) is 4.74 Å². The molecular formula is C16H24N4O. The van der Waals surface area contributed by atoms with E-state index in [2.05, 4.69) is 47.7 Å². The van der Waals surface area contributed by atoms with Gasteiger partial charge in [0.1, 0.15) is 5.75 Å². The zero-order valence-electron chi connectivity index (χ0n) is 13.3. The molecule has 1 aromatic carbocycles. The summed E-state index contributed by atoms with van der Waals surface area (Å²) in [7, 11) is 1.71.